The van der Waals surface area contributed by atoms with Gasteiger partial charge < -0.3 is 14.6 Å². The van der Waals surface area contributed by atoms with Gasteiger partial charge >= 0.3 is 5.69 Å². The Kier molecular flexibility index (Phi) is 5.98. The summed E-state index contributed by atoms with van der Waals surface area (Å²) in [5.41, 5.74) is 1.51. The molecule has 0 aromatic carbocycles. The Balaban J connectivity index is 1.70. The van der Waals surface area contributed by atoms with Crippen LogP contribution < -0.4 is 10.4 Å². The number of hydrogen-bond acceptors (Lipinski definition) is 7. The summed E-state index contributed by atoms with van der Waals surface area (Å²) in [6.45, 7) is 9.71. The van der Waals surface area contributed by atoms with Gasteiger partial charge in [-0.15, -0.1) is 0 Å². The average Bonchev–Trinajstić information content (AvgIpc) is 3.09. The maximum atomic E-state index is 13.7. The van der Waals surface area contributed by atoms with Gasteiger partial charge in [-0.3, -0.25) is 9.55 Å². The Labute approximate surface area is 204 Å². The molecule has 5 heterocycles. The van der Waals surface area contributed by atoms with E-state index in [9.17, 15) is 9.90 Å². The van der Waals surface area contributed by atoms with E-state index in [0.717, 1.165) is 6.04 Å². The van der Waals surface area contributed by atoms with Crippen molar-refractivity contribution in [3.63, 3.8) is 0 Å². The number of fused-ring (bicyclic) bond motifs is 2. The van der Waals surface area contributed by atoms with Crippen LogP contribution in [0.5, 0.6) is 5.75 Å². The van der Waals surface area contributed by atoms with Crippen LogP contribution in [0.2, 0.25) is 25.7 Å². The quantitative estimate of drug-likeness (QED) is 0.333. The molecule has 35 heavy (non-hydrogen) atoms. The lowest BCUT2D eigenvalue weighted by Gasteiger charge is -2.25. The molecular weight excluding hydrogens is 462 g/mol. The minimum Gasteiger partial charge on any atom is -0.491 e. The predicted octanol–water partition coefficient (Wildman–Crippen LogP) is 3.82. The third-order valence-electron chi connectivity index (χ3n) is 6.43. The van der Waals surface area contributed by atoms with Crippen LogP contribution in [0.15, 0.2) is 41.5 Å². The van der Waals surface area contributed by atoms with E-state index in [0.29, 0.717) is 65.4 Å². The molecule has 5 rings (SSSR count). The van der Waals surface area contributed by atoms with Crippen molar-refractivity contribution in [1.29, 1.82) is 0 Å². The Morgan fingerprint density at radius 1 is 1.17 bits per heavy atom. The molecule has 1 atom stereocenters. The van der Waals surface area contributed by atoms with Gasteiger partial charge in [0.05, 0.1) is 23.2 Å². The highest BCUT2D eigenvalue weighted by Gasteiger charge is 2.28. The van der Waals surface area contributed by atoms with Gasteiger partial charge in [0.2, 0.25) is 0 Å². The fourth-order valence-corrected chi connectivity index (χ4v) is 5.18. The van der Waals surface area contributed by atoms with Crippen molar-refractivity contribution in [3.05, 3.63) is 52.7 Å². The van der Waals surface area contributed by atoms with Crippen LogP contribution in [0.4, 0.5) is 0 Å². The molecule has 0 aliphatic carbocycles. The number of rotatable bonds is 5. The number of imidazole rings is 1. The lowest BCUT2D eigenvalue weighted by Crippen LogP contribution is -2.27. The van der Waals surface area contributed by atoms with Crippen LogP contribution in [-0.4, -0.2) is 50.5 Å². The van der Waals surface area contributed by atoms with Gasteiger partial charge in [0, 0.05) is 38.7 Å². The number of pyridine rings is 3. The number of hydrogen-bond donors (Lipinski definition) is 1. The van der Waals surface area contributed by atoms with E-state index < -0.39 is 13.7 Å². The van der Waals surface area contributed by atoms with Gasteiger partial charge in [0.1, 0.15) is 23.8 Å². The van der Waals surface area contributed by atoms with E-state index in [4.69, 9.17) is 14.5 Å². The van der Waals surface area contributed by atoms with Crippen LogP contribution in [0.1, 0.15) is 25.3 Å². The molecule has 184 valence electrons. The van der Waals surface area contributed by atoms with Crippen molar-refractivity contribution in [2.45, 2.75) is 57.8 Å². The number of nitrogens with zero attached hydrogens (tertiary/aromatic N) is 5. The Morgan fingerprint density at radius 2 is 1.97 bits per heavy atom. The summed E-state index contributed by atoms with van der Waals surface area (Å²) in [7, 11) is -1.26. The first kappa shape index (κ1) is 23.6. The van der Waals surface area contributed by atoms with Crippen molar-refractivity contribution < 1.29 is 14.6 Å². The zero-order chi connectivity index (χ0) is 24.8. The minimum absolute atomic E-state index is 0.0956. The molecule has 0 fully saturated rings. The Hall–Kier alpha value is -3.08. The zero-order valence-electron chi connectivity index (χ0n) is 20.6. The molecule has 0 saturated heterocycles. The number of aromatic nitrogens is 5. The first-order valence-electron chi connectivity index (χ1n) is 12.0. The molecule has 0 unspecified atom stereocenters. The third-order valence-corrected chi connectivity index (χ3v) is 8.13. The van der Waals surface area contributed by atoms with Gasteiger partial charge in [-0.2, -0.15) is 0 Å². The fraction of sp³-hybridized carbons (Fsp3) is 0.440. The smallest absolute Gasteiger partial charge is 0.338 e. The first-order valence-corrected chi connectivity index (χ1v) is 15.7. The van der Waals surface area contributed by atoms with E-state index in [1.807, 2.05) is 6.07 Å². The molecule has 0 amide bonds. The molecule has 0 radical (unpaired) electrons. The summed E-state index contributed by atoms with van der Waals surface area (Å²) < 4.78 is 15.1. The van der Waals surface area contributed by atoms with Gasteiger partial charge in [0.25, 0.3) is 0 Å². The van der Waals surface area contributed by atoms with Crippen LogP contribution in [0.3, 0.4) is 0 Å². The lowest BCUT2D eigenvalue weighted by molar-refractivity contribution is 0.0427. The molecule has 10 heteroatoms. The second kappa shape index (κ2) is 8.85. The molecule has 1 aliphatic heterocycles. The second-order valence-electron chi connectivity index (χ2n) is 10.5. The molecule has 0 saturated carbocycles. The topological polar surface area (TPSA) is 104 Å². The van der Waals surface area contributed by atoms with Gasteiger partial charge in [-0.25, -0.2) is 19.3 Å². The third kappa shape index (κ3) is 4.49. The van der Waals surface area contributed by atoms with Crippen LogP contribution in [0.25, 0.3) is 28.0 Å². The first-order chi connectivity index (χ1) is 16.7. The van der Waals surface area contributed by atoms with E-state index in [1.165, 1.54) is 9.13 Å². The Bertz CT molecular complexity index is 1450. The summed E-state index contributed by atoms with van der Waals surface area (Å²) in [4.78, 5) is 27.5. The average molecular weight is 494 g/mol. The zero-order valence-corrected chi connectivity index (χ0v) is 21.6. The van der Waals surface area contributed by atoms with Gasteiger partial charge in [-0.05, 0) is 44.0 Å². The molecular formula is C25H31N5O4Si. The van der Waals surface area contributed by atoms with Crippen LogP contribution >= 0.6 is 0 Å². The van der Waals surface area contributed by atoms with Crippen LogP contribution in [-0.2, 0) is 17.1 Å². The number of aliphatic hydroxyl groups is 1. The second-order valence-corrected chi connectivity index (χ2v) is 16.1. The summed E-state index contributed by atoms with van der Waals surface area (Å²) in [5, 5.41) is 11.3. The fourth-order valence-electron chi connectivity index (χ4n) is 4.43. The van der Waals surface area contributed by atoms with Crippen molar-refractivity contribution in [1.82, 2.24) is 24.1 Å². The molecule has 4 aromatic heterocycles. The van der Waals surface area contributed by atoms with E-state index >= 15 is 0 Å². The Morgan fingerprint density at radius 3 is 2.77 bits per heavy atom. The van der Waals surface area contributed by atoms with E-state index in [1.54, 1.807) is 37.5 Å². The summed E-state index contributed by atoms with van der Waals surface area (Å²) in [5.74, 6) is 0.957. The summed E-state index contributed by atoms with van der Waals surface area (Å²) >= 11 is 0. The lowest BCUT2D eigenvalue weighted by atomic mass is 9.90. The van der Waals surface area contributed by atoms with E-state index in [-0.39, 0.29) is 12.4 Å². The largest absolute Gasteiger partial charge is 0.491 e. The highest BCUT2D eigenvalue weighted by molar-refractivity contribution is 6.76. The SMILES string of the molecule is C[C@]1(O)CCCOc2ccnc3c2n(c(=O)n3COCC[Si](C)(C)C)-c2ccc3nccc1c3n2. The highest BCUT2D eigenvalue weighted by Crippen LogP contribution is 2.33. The molecule has 1 N–H and O–H groups in total. The predicted molar refractivity (Wildman–Crippen MR) is 137 cm³/mol. The van der Waals surface area contributed by atoms with Gasteiger partial charge in [-0.1, -0.05) is 19.6 Å². The van der Waals surface area contributed by atoms with Crippen molar-refractivity contribution in [2.75, 3.05) is 13.2 Å². The molecule has 4 aromatic rings. The van der Waals surface area contributed by atoms with Crippen molar-refractivity contribution in [2.24, 2.45) is 0 Å². The minimum atomic E-state index is -1.26. The van der Waals surface area contributed by atoms with Gasteiger partial charge in [0.15, 0.2) is 5.65 Å². The standard InChI is InChI=1S/C25H31N5O4Si/c1-25(32)10-5-13-34-19-9-12-27-23-22(19)30(24(31)29(23)16-33-14-15-35(2,3)4)20-7-6-18-21(28-20)17(25)8-11-26-18/h6-9,11-12,32H,5,10,13-16H2,1-4H3/t25-/m0/s1. The normalized spacial score (nSPS) is 18.4. The molecule has 1 aliphatic rings. The van der Waals surface area contributed by atoms with E-state index in [2.05, 4.69) is 29.6 Å². The van der Waals surface area contributed by atoms with Crippen LogP contribution in [0, 0.1) is 0 Å². The molecule has 2 bridgehead atoms. The monoisotopic (exact) mass is 493 g/mol. The van der Waals surface area contributed by atoms with Crippen molar-refractivity contribution >= 4 is 30.3 Å². The molecule has 0 spiro atoms. The maximum absolute atomic E-state index is 13.7. The molecule has 9 nitrogen and oxygen atoms in total. The van der Waals surface area contributed by atoms with Crippen molar-refractivity contribution in [3.8, 4) is 11.6 Å². The highest BCUT2D eigenvalue weighted by atomic mass is 28.3. The maximum Gasteiger partial charge on any atom is 0.338 e. The number of ether oxygens (including phenoxy) is 2. The summed E-state index contributed by atoms with van der Waals surface area (Å²) in [6.07, 6.45) is 4.42. The summed E-state index contributed by atoms with van der Waals surface area (Å²) in [6, 6.07) is 8.13.